The minimum absolute atomic E-state index is 0.00156. The Morgan fingerprint density at radius 1 is 1.09 bits per heavy atom. The topological polar surface area (TPSA) is 171 Å². The van der Waals surface area contributed by atoms with E-state index in [-0.39, 0.29) is 40.3 Å². The first-order chi connectivity index (χ1) is 20.3. The number of amides is 2. The number of nitrogens with zero attached hydrogens (tertiary/aromatic N) is 5. The summed E-state index contributed by atoms with van der Waals surface area (Å²) in [5, 5.41) is 11.3. The summed E-state index contributed by atoms with van der Waals surface area (Å²) in [6, 6.07) is 13.6. The Bertz CT molecular complexity index is 2090. The first kappa shape index (κ1) is 28.6. The zero-order chi connectivity index (χ0) is 31.2. The van der Waals surface area contributed by atoms with Crippen molar-refractivity contribution >= 4 is 28.4 Å². The van der Waals surface area contributed by atoms with Crippen molar-refractivity contribution in [1.82, 2.24) is 19.1 Å². The lowest BCUT2D eigenvalue weighted by Gasteiger charge is -2.14. The van der Waals surface area contributed by atoms with Gasteiger partial charge < -0.3 is 15.6 Å². The predicted molar refractivity (Wildman–Crippen MR) is 147 cm³/mol. The molecular weight excluding hydrogens is 571 g/mol. The first-order valence-corrected chi connectivity index (χ1v) is 12.5. The van der Waals surface area contributed by atoms with Gasteiger partial charge in [0, 0.05) is 24.8 Å². The van der Waals surface area contributed by atoms with Crippen LogP contribution in [0.1, 0.15) is 39.2 Å². The van der Waals surface area contributed by atoms with Crippen molar-refractivity contribution in [3.8, 4) is 22.9 Å². The van der Waals surface area contributed by atoms with E-state index in [4.69, 9.17) is 10.3 Å². The van der Waals surface area contributed by atoms with Crippen LogP contribution in [0.25, 0.3) is 27.7 Å². The average molecular weight is 592 g/mol. The van der Waals surface area contributed by atoms with Crippen LogP contribution in [0.5, 0.6) is 0 Å². The van der Waals surface area contributed by atoms with Gasteiger partial charge in [0.15, 0.2) is 5.69 Å². The number of primary amides is 1. The van der Waals surface area contributed by atoms with Gasteiger partial charge in [-0.25, -0.2) is 9.67 Å². The number of aromatic nitrogens is 4. The monoisotopic (exact) mass is 591 g/mol. The van der Waals surface area contributed by atoms with Gasteiger partial charge in [0.25, 0.3) is 17.0 Å². The molecule has 0 saturated carbocycles. The lowest BCUT2D eigenvalue weighted by atomic mass is 10.1. The molecule has 3 N–H and O–H groups in total. The van der Waals surface area contributed by atoms with E-state index in [1.54, 1.807) is 13.0 Å². The van der Waals surface area contributed by atoms with Gasteiger partial charge in [0.2, 0.25) is 11.7 Å². The highest BCUT2D eigenvalue weighted by Crippen LogP contribution is 2.31. The molecule has 0 atom stereocenters. The largest absolute Gasteiger partial charge is 0.433 e. The molecule has 12 nitrogen and oxygen atoms in total. The molecule has 3 heterocycles. The van der Waals surface area contributed by atoms with E-state index in [0.717, 1.165) is 9.42 Å². The van der Waals surface area contributed by atoms with E-state index < -0.39 is 45.9 Å². The van der Waals surface area contributed by atoms with Crippen molar-refractivity contribution in [3.63, 3.8) is 0 Å². The van der Waals surface area contributed by atoms with Crippen LogP contribution in [0.15, 0.2) is 68.7 Å². The van der Waals surface area contributed by atoms with E-state index in [2.05, 4.69) is 10.3 Å². The third-order valence-corrected chi connectivity index (χ3v) is 6.58. The molecule has 3 aromatic heterocycles. The number of nitriles is 1. The first-order valence-electron chi connectivity index (χ1n) is 12.5. The van der Waals surface area contributed by atoms with Crippen LogP contribution in [0.2, 0.25) is 0 Å². The van der Waals surface area contributed by atoms with E-state index in [1.165, 1.54) is 60.3 Å². The Labute approximate surface area is 238 Å². The number of hydrogen-bond donors (Lipinski definition) is 2. The maximum Gasteiger partial charge on any atom is 0.433 e. The van der Waals surface area contributed by atoms with Crippen LogP contribution >= 0.6 is 0 Å². The summed E-state index contributed by atoms with van der Waals surface area (Å²) < 4.78 is 50.0. The summed E-state index contributed by atoms with van der Waals surface area (Å²) in [6.45, 7) is 1.65. The van der Waals surface area contributed by atoms with E-state index in [1.807, 2.05) is 0 Å². The lowest BCUT2D eigenvalue weighted by molar-refractivity contribution is -0.141. The molecule has 0 aliphatic heterocycles. The summed E-state index contributed by atoms with van der Waals surface area (Å²) in [6.07, 6.45) is -4.99. The number of nitrogens with one attached hydrogen (secondary N) is 1. The molecule has 5 aromatic rings. The Morgan fingerprint density at radius 2 is 1.79 bits per heavy atom. The fourth-order valence-corrected chi connectivity index (χ4v) is 4.67. The van der Waals surface area contributed by atoms with Gasteiger partial charge in [0.1, 0.15) is 22.8 Å². The Hall–Kier alpha value is -5.91. The van der Waals surface area contributed by atoms with E-state index in [0.29, 0.717) is 11.6 Å². The maximum atomic E-state index is 13.9. The molecule has 0 saturated heterocycles. The molecule has 5 rings (SSSR count). The van der Waals surface area contributed by atoms with Gasteiger partial charge in [0.05, 0.1) is 11.1 Å². The van der Waals surface area contributed by atoms with Gasteiger partial charge >= 0.3 is 6.18 Å². The second-order valence-electron chi connectivity index (χ2n) is 9.24. The zero-order valence-corrected chi connectivity index (χ0v) is 22.4. The number of pyridine rings is 1. The number of aryl methyl sites for hydroxylation is 2. The third kappa shape index (κ3) is 4.95. The van der Waals surface area contributed by atoms with Crippen LogP contribution in [0.3, 0.4) is 0 Å². The second-order valence-corrected chi connectivity index (χ2v) is 9.24. The van der Waals surface area contributed by atoms with Gasteiger partial charge in [-0.15, -0.1) is 0 Å². The van der Waals surface area contributed by atoms with Crippen molar-refractivity contribution < 1.29 is 27.3 Å². The van der Waals surface area contributed by atoms with Gasteiger partial charge in [-0.3, -0.25) is 23.9 Å². The van der Waals surface area contributed by atoms with Crippen molar-refractivity contribution in [2.24, 2.45) is 12.8 Å². The molecule has 0 aliphatic rings. The summed E-state index contributed by atoms with van der Waals surface area (Å²) in [5.74, 6) is -2.06. The van der Waals surface area contributed by atoms with Crippen LogP contribution in [0, 0.1) is 11.3 Å². The highest BCUT2D eigenvalue weighted by Gasteiger charge is 2.36. The lowest BCUT2D eigenvalue weighted by Crippen LogP contribution is -2.21. The van der Waals surface area contributed by atoms with Gasteiger partial charge in [-0.1, -0.05) is 18.2 Å². The summed E-state index contributed by atoms with van der Waals surface area (Å²) >= 11 is 0. The number of alkyl halides is 3. The third-order valence-electron chi connectivity index (χ3n) is 6.58. The van der Waals surface area contributed by atoms with Crippen molar-refractivity contribution in [2.75, 3.05) is 5.32 Å². The number of nitrogens with two attached hydrogens (primary N) is 1. The molecule has 0 spiro atoms. The number of carbonyl (C=O) groups excluding carboxylic acids is 2. The Kier molecular flexibility index (Phi) is 6.98. The normalized spacial score (nSPS) is 11.4. The van der Waals surface area contributed by atoms with Crippen LogP contribution in [-0.2, 0) is 19.8 Å². The molecule has 0 radical (unpaired) electrons. The second kappa shape index (κ2) is 10.5. The molecule has 2 aromatic carbocycles. The van der Waals surface area contributed by atoms with Gasteiger partial charge in [-0.2, -0.15) is 23.2 Å². The minimum atomic E-state index is -4.99. The quantitative estimate of drug-likeness (QED) is 0.305. The molecule has 43 heavy (non-hydrogen) atoms. The maximum absolute atomic E-state index is 13.9. The minimum Gasteiger partial charge on any atom is -0.366 e. The predicted octanol–water partition coefficient (Wildman–Crippen LogP) is 3.41. The van der Waals surface area contributed by atoms with Crippen LogP contribution in [-0.4, -0.2) is 30.9 Å². The SMILES string of the molecule is CCn1c2c(C(=O)Nc3cccc(C(N)=O)c3)nc(C(F)(F)F)cc2c(=O)n1-c1ccc(-c2c(C#N)on(C)c2=O)cc1. The zero-order valence-electron chi connectivity index (χ0n) is 22.4. The number of carbonyl (C=O) groups is 2. The van der Waals surface area contributed by atoms with E-state index in [9.17, 15) is 37.6 Å². The number of anilines is 1. The molecule has 2 amide bonds. The smallest absolute Gasteiger partial charge is 0.366 e. The van der Waals surface area contributed by atoms with Crippen molar-refractivity contribution in [3.05, 3.63) is 98.0 Å². The molecule has 0 bridgehead atoms. The number of halogens is 3. The molecular formula is C28H20F3N7O5. The van der Waals surface area contributed by atoms with Crippen molar-refractivity contribution in [2.45, 2.75) is 19.6 Å². The number of benzene rings is 2. The van der Waals surface area contributed by atoms with Gasteiger partial charge in [-0.05, 0) is 48.9 Å². The molecule has 15 heteroatoms. The summed E-state index contributed by atoms with van der Waals surface area (Å²) in [4.78, 5) is 54.6. The highest BCUT2D eigenvalue weighted by atomic mass is 19.4. The number of hydrogen-bond acceptors (Lipinski definition) is 7. The Morgan fingerprint density at radius 3 is 2.40 bits per heavy atom. The molecule has 0 unspecified atom stereocenters. The van der Waals surface area contributed by atoms with Crippen molar-refractivity contribution in [1.29, 1.82) is 5.26 Å². The highest BCUT2D eigenvalue weighted by molar-refractivity contribution is 6.11. The van der Waals surface area contributed by atoms with Crippen LogP contribution in [0.4, 0.5) is 18.9 Å². The fourth-order valence-electron chi connectivity index (χ4n) is 4.67. The molecule has 0 aliphatic carbocycles. The molecule has 218 valence electrons. The molecule has 0 fully saturated rings. The Balaban J connectivity index is 1.69. The average Bonchev–Trinajstić information content (AvgIpc) is 3.43. The number of rotatable bonds is 6. The van der Waals surface area contributed by atoms with Crippen LogP contribution < -0.4 is 22.2 Å². The number of fused-ring (bicyclic) bond motifs is 1. The summed E-state index contributed by atoms with van der Waals surface area (Å²) in [5.41, 5.74) is 2.18. The van der Waals surface area contributed by atoms with E-state index >= 15 is 0 Å². The standard InChI is InChI=1S/C28H20F3N7O5/c1-3-37-23-18(26(41)38(37)17-9-7-14(8-10-17)21-19(13-32)43-36(2)27(21)42)12-20(28(29,30)31)35-22(23)25(40)34-16-6-4-5-15(11-16)24(33)39/h4-12H,3H2,1-2H3,(H2,33,39)(H,34,40). The fraction of sp³-hybridized carbons (Fsp3) is 0.143. The summed E-state index contributed by atoms with van der Waals surface area (Å²) in [7, 11) is 1.34.